The molecule has 7 nitrogen and oxygen atoms in total. The molecule has 8 heteroatoms. The normalized spacial score (nSPS) is 20.4. The Balaban J connectivity index is 1.71. The van der Waals surface area contributed by atoms with Gasteiger partial charge >= 0.3 is 5.97 Å². The van der Waals surface area contributed by atoms with Gasteiger partial charge in [-0.1, -0.05) is 0 Å². The molecule has 1 aliphatic rings. The zero-order chi connectivity index (χ0) is 19.4. The molecule has 0 atom stereocenters. The molecule has 3 rings (SSSR count). The van der Waals surface area contributed by atoms with Gasteiger partial charge in [0, 0.05) is 17.5 Å². The minimum atomic E-state index is -3.64. The highest BCUT2D eigenvalue weighted by Gasteiger charge is 2.29. The summed E-state index contributed by atoms with van der Waals surface area (Å²) in [7, 11) is -2.26. The van der Waals surface area contributed by atoms with Crippen LogP contribution in [-0.2, 0) is 19.6 Å². The number of aromatic nitrogens is 1. The standard InChI is InChI=1S/C19H24N2O5S/c1-3-26-18-11-6-14-12-16(9-10-17(14)20-18)27(23,24)21-15-7-4-13(5-8-15)19(22)25-2/h6,9-13,15,21H,3-5,7-8H2,1-2H3. The van der Waals surface area contributed by atoms with Gasteiger partial charge in [-0.05, 0) is 56.9 Å². The molecule has 0 spiro atoms. The second kappa shape index (κ2) is 8.22. The molecule has 2 aromatic rings. The predicted molar refractivity (Wildman–Crippen MR) is 101 cm³/mol. The fourth-order valence-electron chi connectivity index (χ4n) is 3.38. The summed E-state index contributed by atoms with van der Waals surface area (Å²) >= 11 is 0. The minimum Gasteiger partial charge on any atom is -0.478 e. The van der Waals surface area contributed by atoms with Gasteiger partial charge in [0.1, 0.15) is 0 Å². The second-order valence-corrected chi connectivity index (χ2v) is 8.34. The third-order valence-electron chi connectivity index (χ3n) is 4.82. The van der Waals surface area contributed by atoms with Gasteiger partial charge < -0.3 is 9.47 Å². The number of esters is 1. The van der Waals surface area contributed by atoms with Crippen molar-refractivity contribution >= 4 is 26.9 Å². The van der Waals surface area contributed by atoms with E-state index in [0.29, 0.717) is 43.7 Å². The van der Waals surface area contributed by atoms with E-state index in [1.165, 1.54) is 7.11 Å². The zero-order valence-electron chi connectivity index (χ0n) is 15.5. The average Bonchev–Trinajstić information content (AvgIpc) is 2.67. The van der Waals surface area contributed by atoms with Crippen molar-refractivity contribution in [2.24, 2.45) is 5.92 Å². The van der Waals surface area contributed by atoms with Gasteiger partial charge in [0.05, 0.1) is 30.0 Å². The highest BCUT2D eigenvalue weighted by Crippen LogP contribution is 2.27. The average molecular weight is 392 g/mol. The predicted octanol–water partition coefficient (Wildman–Crippen LogP) is 2.64. The van der Waals surface area contributed by atoms with Crippen molar-refractivity contribution in [1.29, 1.82) is 0 Å². The molecule has 146 valence electrons. The molecule has 0 amide bonds. The van der Waals surface area contributed by atoms with Crippen LogP contribution in [0.5, 0.6) is 5.88 Å². The lowest BCUT2D eigenvalue weighted by Crippen LogP contribution is -2.38. The topological polar surface area (TPSA) is 94.6 Å². The maximum absolute atomic E-state index is 12.7. The Morgan fingerprint density at radius 2 is 1.93 bits per heavy atom. The van der Waals surface area contributed by atoms with Crippen molar-refractivity contribution in [3.05, 3.63) is 30.3 Å². The summed E-state index contributed by atoms with van der Waals surface area (Å²) in [5.74, 6) is 0.160. The maximum atomic E-state index is 12.7. The lowest BCUT2D eigenvalue weighted by Gasteiger charge is -2.27. The number of carbonyl (C=O) groups excluding carboxylic acids is 1. The molecule has 1 fully saturated rings. The monoisotopic (exact) mass is 392 g/mol. The maximum Gasteiger partial charge on any atom is 0.308 e. The third kappa shape index (κ3) is 4.56. The first-order valence-electron chi connectivity index (χ1n) is 9.06. The Hall–Kier alpha value is -2.19. The van der Waals surface area contributed by atoms with Crippen LogP contribution in [0.15, 0.2) is 35.2 Å². The van der Waals surface area contributed by atoms with E-state index in [-0.39, 0.29) is 22.8 Å². The Morgan fingerprint density at radius 1 is 1.19 bits per heavy atom. The summed E-state index contributed by atoms with van der Waals surface area (Å²) in [6.07, 6.45) is 2.49. The fraction of sp³-hybridized carbons (Fsp3) is 0.474. The van der Waals surface area contributed by atoms with Gasteiger partial charge in [-0.25, -0.2) is 18.1 Å². The Morgan fingerprint density at radius 3 is 2.59 bits per heavy atom. The lowest BCUT2D eigenvalue weighted by atomic mass is 9.86. The van der Waals surface area contributed by atoms with Crippen LogP contribution in [0, 0.1) is 5.92 Å². The summed E-state index contributed by atoms with van der Waals surface area (Å²) in [6.45, 7) is 2.40. The molecule has 0 saturated heterocycles. The summed E-state index contributed by atoms with van der Waals surface area (Å²) in [4.78, 5) is 16.2. The Kier molecular flexibility index (Phi) is 5.96. The van der Waals surface area contributed by atoms with Crippen molar-refractivity contribution in [1.82, 2.24) is 9.71 Å². The quantitative estimate of drug-likeness (QED) is 0.760. The number of methoxy groups -OCH3 is 1. The second-order valence-electron chi connectivity index (χ2n) is 6.63. The molecule has 0 radical (unpaired) electrons. The van der Waals surface area contributed by atoms with E-state index in [1.54, 1.807) is 30.3 Å². The molecule has 1 aromatic heterocycles. The molecular weight excluding hydrogens is 368 g/mol. The van der Waals surface area contributed by atoms with Gasteiger partial charge in [0.15, 0.2) is 0 Å². The van der Waals surface area contributed by atoms with Crippen LogP contribution in [-0.4, -0.2) is 39.1 Å². The van der Waals surface area contributed by atoms with Crippen molar-refractivity contribution in [3.8, 4) is 5.88 Å². The first-order valence-corrected chi connectivity index (χ1v) is 10.5. The highest BCUT2D eigenvalue weighted by molar-refractivity contribution is 7.89. The first-order chi connectivity index (χ1) is 12.9. The number of fused-ring (bicyclic) bond motifs is 1. The molecule has 1 aromatic carbocycles. The Labute approximate surface area is 159 Å². The van der Waals surface area contributed by atoms with Crippen molar-refractivity contribution in [2.45, 2.75) is 43.5 Å². The van der Waals surface area contributed by atoms with E-state index < -0.39 is 10.0 Å². The number of pyridine rings is 1. The summed E-state index contributed by atoms with van der Waals surface area (Å²) in [5.41, 5.74) is 0.679. The van der Waals surface area contributed by atoms with E-state index >= 15 is 0 Å². The molecule has 1 N–H and O–H groups in total. The van der Waals surface area contributed by atoms with Crippen LogP contribution in [0.4, 0.5) is 0 Å². The fourth-order valence-corrected chi connectivity index (χ4v) is 4.72. The van der Waals surface area contributed by atoms with Gasteiger partial charge in [-0.2, -0.15) is 0 Å². The van der Waals surface area contributed by atoms with Crippen molar-refractivity contribution in [3.63, 3.8) is 0 Å². The summed E-state index contributed by atoms with van der Waals surface area (Å²) in [6, 6.07) is 8.19. The van der Waals surface area contributed by atoms with Crippen molar-refractivity contribution < 1.29 is 22.7 Å². The van der Waals surface area contributed by atoms with Crippen LogP contribution in [0.25, 0.3) is 10.9 Å². The van der Waals surface area contributed by atoms with E-state index in [9.17, 15) is 13.2 Å². The molecule has 0 bridgehead atoms. The highest BCUT2D eigenvalue weighted by atomic mass is 32.2. The molecule has 0 aliphatic heterocycles. The number of ether oxygens (including phenoxy) is 2. The minimum absolute atomic E-state index is 0.137. The largest absolute Gasteiger partial charge is 0.478 e. The smallest absolute Gasteiger partial charge is 0.308 e. The SMILES string of the molecule is CCOc1ccc2cc(S(=O)(=O)NC3CCC(C(=O)OC)CC3)ccc2n1. The van der Waals surface area contributed by atoms with Crippen molar-refractivity contribution in [2.75, 3.05) is 13.7 Å². The first kappa shape index (κ1) is 19.6. The lowest BCUT2D eigenvalue weighted by molar-refractivity contribution is -0.146. The number of benzene rings is 1. The van der Waals surface area contributed by atoms with Crippen LogP contribution in [0.1, 0.15) is 32.6 Å². The number of rotatable bonds is 6. The van der Waals surface area contributed by atoms with Gasteiger partial charge in [-0.15, -0.1) is 0 Å². The van der Waals surface area contributed by atoms with Gasteiger partial charge in [0.2, 0.25) is 15.9 Å². The number of nitrogens with zero attached hydrogens (tertiary/aromatic N) is 1. The third-order valence-corrected chi connectivity index (χ3v) is 6.34. The van der Waals surface area contributed by atoms with Crippen LogP contribution < -0.4 is 9.46 Å². The number of hydrogen-bond acceptors (Lipinski definition) is 6. The van der Waals surface area contributed by atoms with Gasteiger partial charge in [0.25, 0.3) is 0 Å². The molecule has 1 heterocycles. The van der Waals surface area contributed by atoms with E-state index in [2.05, 4.69) is 9.71 Å². The molecule has 1 saturated carbocycles. The summed E-state index contributed by atoms with van der Waals surface area (Å²) in [5, 5.41) is 0.732. The number of hydrogen-bond donors (Lipinski definition) is 1. The molecule has 27 heavy (non-hydrogen) atoms. The number of nitrogens with one attached hydrogen (secondary N) is 1. The van der Waals surface area contributed by atoms with E-state index in [4.69, 9.17) is 9.47 Å². The van der Waals surface area contributed by atoms with Crippen LogP contribution in [0.3, 0.4) is 0 Å². The molecule has 0 unspecified atom stereocenters. The number of carbonyl (C=O) groups is 1. The van der Waals surface area contributed by atoms with Gasteiger partial charge in [-0.3, -0.25) is 4.79 Å². The Bertz CT molecular complexity index is 921. The van der Waals surface area contributed by atoms with Crippen LogP contribution in [0.2, 0.25) is 0 Å². The summed E-state index contributed by atoms with van der Waals surface area (Å²) < 4.78 is 38.4. The number of sulfonamides is 1. The van der Waals surface area contributed by atoms with E-state index in [1.807, 2.05) is 6.92 Å². The van der Waals surface area contributed by atoms with Crippen LogP contribution >= 0.6 is 0 Å². The van der Waals surface area contributed by atoms with E-state index in [0.717, 1.165) is 5.39 Å². The molecule has 1 aliphatic carbocycles. The molecular formula is C19H24N2O5S. The zero-order valence-corrected chi connectivity index (χ0v) is 16.3.